The van der Waals surface area contributed by atoms with Crippen LogP contribution in [0.15, 0.2) is 42.0 Å². The maximum Gasteiger partial charge on any atom is 0.0161 e. The van der Waals surface area contributed by atoms with Crippen LogP contribution in [0.5, 0.6) is 0 Å². The van der Waals surface area contributed by atoms with E-state index in [9.17, 15) is 0 Å². The molecular formula is C13H19N. The van der Waals surface area contributed by atoms with Gasteiger partial charge in [-0.1, -0.05) is 48.9 Å². The van der Waals surface area contributed by atoms with Gasteiger partial charge in [0.25, 0.3) is 0 Å². The Labute approximate surface area is 86.8 Å². The Bertz CT molecular complexity index is 275. The van der Waals surface area contributed by atoms with Crippen molar-refractivity contribution in [2.75, 3.05) is 13.1 Å². The van der Waals surface area contributed by atoms with Crippen LogP contribution in [-0.2, 0) is 6.42 Å². The first-order chi connectivity index (χ1) is 6.83. The predicted octanol–water partition coefficient (Wildman–Crippen LogP) is 2.78. The second-order valence-corrected chi connectivity index (χ2v) is 3.52. The third-order valence-electron chi connectivity index (χ3n) is 2.18. The average molecular weight is 189 g/mol. The molecule has 0 saturated carbocycles. The van der Waals surface area contributed by atoms with Gasteiger partial charge < -0.3 is 5.32 Å². The number of hydrogen-bond donors (Lipinski definition) is 1. The molecule has 0 spiro atoms. The lowest BCUT2D eigenvalue weighted by Crippen LogP contribution is -2.14. The van der Waals surface area contributed by atoms with Crippen LogP contribution < -0.4 is 5.32 Å². The molecule has 0 saturated heterocycles. The molecule has 1 heteroatoms. The van der Waals surface area contributed by atoms with Crippen LogP contribution in [0.2, 0.25) is 0 Å². The zero-order valence-electron chi connectivity index (χ0n) is 9.09. The predicted molar refractivity (Wildman–Crippen MR) is 62.4 cm³/mol. The highest BCUT2D eigenvalue weighted by Gasteiger charge is 1.90. The number of likely N-dealkylation sites (N-methyl/N-ethyl adjacent to an activating group) is 1. The number of benzene rings is 1. The van der Waals surface area contributed by atoms with Gasteiger partial charge in [0.05, 0.1) is 0 Å². The summed E-state index contributed by atoms with van der Waals surface area (Å²) in [4.78, 5) is 0. The Morgan fingerprint density at radius 1 is 1.29 bits per heavy atom. The zero-order valence-corrected chi connectivity index (χ0v) is 9.09. The zero-order chi connectivity index (χ0) is 10.2. The van der Waals surface area contributed by atoms with Crippen molar-refractivity contribution >= 4 is 0 Å². The molecule has 76 valence electrons. The van der Waals surface area contributed by atoms with Crippen molar-refractivity contribution in [2.45, 2.75) is 20.3 Å². The minimum Gasteiger partial charge on any atom is -0.313 e. The lowest BCUT2D eigenvalue weighted by atomic mass is 10.1. The van der Waals surface area contributed by atoms with Crippen molar-refractivity contribution in [3.05, 3.63) is 47.5 Å². The normalized spacial score (nSPS) is 11.7. The summed E-state index contributed by atoms with van der Waals surface area (Å²) in [5.41, 5.74) is 2.79. The Morgan fingerprint density at radius 2 is 2.00 bits per heavy atom. The molecule has 14 heavy (non-hydrogen) atoms. The van der Waals surface area contributed by atoms with Crippen LogP contribution in [0.25, 0.3) is 0 Å². The fourth-order valence-corrected chi connectivity index (χ4v) is 1.30. The summed E-state index contributed by atoms with van der Waals surface area (Å²) in [7, 11) is 0. The Hall–Kier alpha value is -1.08. The van der Waals surface area contributed by atoms with Crippen LogP contribution >= 0.6 is 0 Å². The first kappa shape index (κ1) is 11.0. The van der Waals surface area contributed by atoms with E-state index in [2.05, 4.69) is 55.6 Å². The molecule has 1 aromatic carbocycles. The van der Waals surface area contributed by atoms with E-state index >= 15 is 0 Å². The van der Waals surface area contributed by atoms with Crippen molar-refractivity contribution in [3.8, 4) is 0 Å². The van der Waals surface area contributed by atoms with E-state index in [-0.39, 0.29) is 0 Å². The molecular weight excluding hydrogens is 170 g/mol. The fourth-order valence-electron chi connectivity index (χ4n) is 1.30. The lowest BCUT2D eigenvalue weighted by molar-refractivity contribution is 0.773. The Balaban J connectivity index is 2.39. The van der Waals surface area contributed by atoms with Crippen molar-refractivity contribution < 1.29 is 0 Å². The van der Waals surface area contributed by atoms with Crippen molar-refractivity contribution in [2.24, 2.45) is 0 Å². The lowest BCUT2D eigenvalue weighted by Gasteiger charge is -2.02. The third kappa shape index (κ3) is 4.24. The summed E-state index contributed by atoms with van der Waals surface area (Å²) in [6.45, 7) is 6.34. The number of rotatable bonds is 5. The summed E-state index contributed by atoms with van der Waals surface area (Å²) in [5.74, 6) is 0. The number of allylic oxidation sites excluding steroid dienone is 1. The van der Waals surface area contributed by atoms with Crippen molar-refractivity contribution in [1.29, 1.82) is 0 Å². The SMILES string of the molecule is CCNC/C(C)=C/Cc1ccccc1. The summed E-state index contributed by atoms with van der Waals surface area (Å²) >= 11 is 0. The standard InChI is InChI=1S/C13H19N/c1-3-14-11-12(2)9-10-13-7-5-4-6-8-13/h4-9,14H,3,10-11H2,1-2H3/b12-9+. The second kappa shape index (κ2) is 6.39. The van der Waals surface area contributed by atoms with E-state index in [0.29, 0.717) is 0 Å². The molecule has 0 amide bonds. The van der Waals surface area contributed by atoms with E-state index in [1.54, 1.807) is 0 Å². The Morgan fingerprint density at radius 3 is 2.64 bits per heavy atom. The molecule has 0 heterocycles. The maximum absolute atomic E-state index is 3.32. The van der Waals surface area contributed by atoms with Gasteiger partial charge in [0.1, 0.15) is 0 Å². The van der Waals surface area contributed by atoms with Crippen molar-refractivity contribution in [1.82, 2.24) is 5.32 Å². The Kier molecular flexibility index (Phi) is 5.02. The molecule has 0 aliphatic heterocycles. The molecule has 1 nitrogen and oxygen atoms in total. The maximum atomic E-state index is 3.32. The van der Waals surface area contributed by atoms with E-state index in [1.165, 1.54) is 11.1 Å². The van der Waals surface area contributed by atoms with Gasteiger partial charge in [0.2, 0.25) is 0 Å². The monoisotopic (exact) mass is 189 g/mol. The fraction of sp³-hybridized carbons (Fsp3) is 0.385. The van der Waals surface area contributed by atoms with Gasteiger partial charge >= 0.3 is 0 Å². The second-order valence-electron chi connectivity index (χ2n) is 3.52. The van der Waals surface area contributed by atoms with Gasteiger partial charge in [-0.2, -0.15) is 0 Å². The van der Waals surface area contributed by atoms with Gasteiger partial charge in [-0.05, 0) is 25.5 Å². The van der Waals surface area contributed by atoms with Gasteiger partial charge in [0, 0.05) is 6.54 Å². The molecule has 0 aliphatic carbocycles. The van der Waals surface area contributed by atoms with Crippen LogP contribution in [0, 0.1) is 0 Å². The molecule has 1 aromatic rings. The smallest absolute Gasteiger partial charge is 0.0161 e. The molecule has 1 N–H and O–H groups in total. The minimum absolute atomic E-state index is 1.00. The largest absolute Gasteiger partial charge is 0.313 e. The topological polar surface area (TPSA) is 12.0 Å². The van der Waals surface area contributed by atoms with Crippen molar-refractivity contribution in [3.63, 3.8) is 0 Å². The summed E-state index contributed by atoms with van der Waals surface area (Å²) < 4.78 is 0. The highest BCUT2D eigenvalue weighted by Crippen LogP contribution is 2.02. The van der Waals surface area contributed by atoms with E-state index < -0.39 is 0 Å². The first-order valence-electron chi connectivity index (χ1n) is 5.23. The third-order valence-corrected chi connectivity index (χ3v) is 2.18. The highest BCUT2D eigenvalue weighted by atomic mass is 14.8. The van der Waals surface area contributed by atoms with E-state index in [4.69, 9.17) is 0 Å². The van der Waals surface area contributed by atoms with Crippen LogP contribution in [0.1, 0.15) is 19.4 Å². The van der Waals surface area contributed by atoms with Crippen LogP contribution in [0.3, 0.4) is 0 Å². The minimum atomic E-state index is 1.00. The quantitative estimate of drug-likeness (QED) is 0.702. The van der Waals surface area contributed by atoms with Crippen LogP contribution in [-0.4, -0.2) is 13.1 Å². The molecule has 0 unspecified atom stereocenters. The average Bonchev–Trinajstić information content (AvgIpc) is 2.25. The summed E-state index contributed by atoms with van der Waals surface area (Å²) in [6.07, 6.45) is 3.33. The summed E-state index contributed by atoms with van der Waals surface area (Å²) in [6, 6.07) is 10.6. The summed E-state index contributed by atoms with van der Waals surface area (Å²) in [5, 5.41) is 3.32. The van der Waals surface area contributed by atoms with Crippen LogP contribution in [0.4, 0.5) is 0 Å². The number of nitrogens with one attached hydrogen (secondary N) is 1. The highest BCUT2D eigenvalue weighted by molar-refractivity contribution is 5.19. The van der Waals surface area contributed by atoms with Gasteiger partial charge in [0.15, 0.2) is 0 Å². The van der Waals surface area contributed by atoms with E-state index in [1.807, 2.05) is 0 Å². The van der Waals surface area contributed by atoms with Gasteiger partial charge in [-0.25, -0.2) is 0 Å². The molecule has 0 atom stereocenters. The van der Waals surface area contributed by atoms with Gasteiger partial charge in [-0.15, -0.1) is 0 Å². The van der Waals surface area contributed by atoms with Gasteiger partial charge in [-0.3, -0.25) is 0 Å². The molecule has 0 aliphatic rings. The molecule has 1 rings (SSSR count). The first-order valence-corrected chi connectivity index (χ1v) is 5.23. The van der Waals surface area contributed by atoms with E-state index in [0.717, 1.165) is 19.5 Å². The molecule has 0 bridgehead atoms. The molecule has 0 fully saturated rings. The number of hydrogen-bond acceptors (Lipinski definition) is 1. The molecule has 0 radical (unpaired) electrons. The molecule has 0 aromatic heterocycles.